The molecule has 0 saturated heterocycles. The third kappa shape index (κ3) is 6.16. The zero-order chi connectivity index (χ0) is 15.4. The molecule has 0 radical (unpaired) electrons. The van der Waals surface area contributed by atoms with E-state index in [-0.39, 0.29) is 5.54 Å². The van der Waals surface area contributed by atoms with Crippen molar-refractivity contribution in [3.63, 3.8) is 0 Å². The van der Waals surface area contributed by atoms with Crippen molar-refractivity contribution in [1.29, 1.82) is 0 Å². The van der Waals surface area contributed by atoms with Gasteiger partial charge in [-0.25, -0.2) is 0 Å². The molecule has 0 heterocycles. The van der Waals surface area contributed by atoms with E-state index < -0.39 is 0 Å². The van der Waals surface area contributed by atoms with Gasteiger partial charge < -0.3 is 5.73 Å². The van der Waals surface area contributed by atoms with Crippen LogP contribution in [-0.4, -0.2) is 5.54 Å². The fourth-order valence-electron chi connectivity index (χ4n) is 3.59. The average Bonchev–Trinajstić information content (AvgIpc) is 2.30. The molecule has 1 heteroatoms. The van der Waals surface area contributed by atoms with Gasteiger partial charge in [-0.2, -0.15) is 0 Å². The van der Waals surface area contributed by atoms with E-state index in [1.165, 1.54) is 57.8 Å². The van der Waals surface area contributed by atoms with E-state index in [1.807, 2.05) is 0 Å². The number of rotatable bonds is 0. The van der Waals surface area contributed by atoms with Gasteiger partial charge in [0.1, 0.15) is 0 Å². The molecule has 1 aliphatic carbocycles. The molecule has 1 aliphatic rings. The molecule has 0 aromatic carbocycles. The molecule has 0 aliphatic heterocycles. The Hall–Kier alpha value is -0.0400. The lowest BCUT2D eigenvalue weighted by atomic mass is 9.72. The highest BCUT2D eigenvalue weighted by atomic mass is 14.7. The minimum Gasteiger partial charge on any atom is -0.325 e. The number of hydrogen-bond donors (Lipinski definition) is 1. The van der Waals surface area contributed by atoms with E-state index in [9.17, 15) is 0 Å². The summed E-state index contributed by atoms with van der Waals surface area (Å²) >= 11 is 0. The molecule has 2 atom stereocenters. The van der Waals surface area contributed by atoms with Crippen molar-refractivity contribution in [2.45, 2.75) is 105 Å². The molecule has 0 aromatic rings. The third-order valence-corrected chi connectivity index (χ3v) is 6.01. The third-order valence-electron chi connectivity index (χ3n) is 6.01. The van der Waals surface area contributed by atoms with Gasteiger partial charge in [0, 0.05) is 5.54 Å². The summed E-state index contributed by atoms with van der Waals surface area (Å²) in [6.45, 7) is 14.5. The normalized spacial score (nSPS) is 36.5. The summed E-state index contributed by atoms with van der Waals surface area (Å²) in [4.78, 5) is 0. The van der Waals surface area contributed by atoms with Crippen LogP contribution in [0, 0.1) is 16.7 Å². The van der Waals surface area contributed by atoms with E-state index in [1.54, 1.807) is 0 Å². The summed E-state index contributed by atoms with van der Waals surface area (Å²) in [7, 11) is 0. The zero-order valence-electron chi connectivity index (χ0n) is 15.0. The molecule has 0 amide bonds. The molecule has 1 saturated carbocycles. The summed E-state index contributed by atoms with van der Waals surface area (Å²) in [6, 6.07) is 0. The SMILES string of the molecule is CC1CCC(C)(N)CCCC(C)(C)CCCCC1(C)C. The highest BCUT2D eigenvalue weighted by molar-refractivity contribution is 4.84. The molecule has 2 N–H and O–H groups in total. The summed E-state index contributed by atoms with van der Waals surface area (Å²) in [6.07, 6.45) is 11.8. The first-order valence-corrected chi connectivity index (χ1v) is 8.83. The van der Waals surface area contributed by atoms with Crippen LogP contribution in [0.1, 0.15) is 99.3 Å². The van der Waals surface area contributed by atoms with E-state index in [0.717, 1.165) is 5.92 Å². The maximum atomic E-state index is 6.54. The Bertz CT molecular complexity index is 288. The van der Waals surface area contributed by atoms with Crippen LogP contribution in [0.2, 0.25) is 0 Å². The molecule has 1 rings (SSSR count). The predicted molar refractivity (Wildman–Crippen MR) is 90.9 cm³/mol. The molecule has 120 valence electrons. The maximum Gasteiger partial charge on any atom is 0.0126 e. The Labute approximate surface area is 128 Å². The van der Waals surface area contributed by atoms with Crippen LogP contribution in [0.3, 0.4) is 0 Å². The smallest absolute Gasteiger partial charge is 0.0126 e. The molecular weight excluding hydrogens is 242 g/mol. The second kappa shape index (κ2) is 6.81. The van der Waals surface area contributed by atoms with Crippen molar-refractivity contribution in [1.82, 2.24) is 0 Å². The zero-order valence-corrected chi connectivity index (χ0v) is 15.0. The maximum absolute atomic E-state index is 6.54. The Morgan fingerprint density at radius 1 is 0.750 bits per heavy atom. The van der Waals surface area contributed by atoms with Crippen LogP contribution in [0.4, 0.5) is 0 Å². The minimum absolute atomic E-state index is 0.0362. The summed E-state index contributed by atoms with van der Waals surface area (Å²) in [5, 5.41) is 0. The standard InChI is InChI=1S/C19H39N/c1-16-10-15-19(6,20)14-9-12-17(2,3)11-7-8-13-18(16,4)5/h16H,7-15,20H2,1-6H3. The summed E-state index contributed by atoms with van der Waals surface area (Å²) < 4.78 is 0. The topological polar surface area (TPSA) is 26.0 Å². The Kier molecular flexibility index (Phi) is 6.14. The van der Waals surface area contributed by atoms with Gasteiger partial charge in [-0.15, -0.1) is 0 Å². The van der Waals surface area contributed by atoms with Crippen LogP contribution in [-0.2, 0) is 0 Å². The molecule has 1 nitrogen and oxygen atoms in total. The van der Waals surface area contributed by atoms with E-state index in [2.05, 4.69) is 41.5 Å². The van der Waals surface area contributed by atoms with E-state index in [0.29, 0.717) is 10.8 Å². The fraction of sp³-hybridized carbons (Fsp3) is 1.00. The molecular formula is C19H39N. The lowest BCUT2D eigenvalue weighted by Gasteiger charge is -2.34. The van der Waals surface area contributed by atoms with Gasteiger partial charge in [0.15, 0.2) is 0 Å². The second-order valence-corrected chi connectivity index (χ2v) is 9.31. The molecule has 0 spiro atoms. The quantitative estimate of drug-likeness (QED) is 0.586. The first-order chi connectivity index (χ1) is 9.04. The largest absolute Gasteiger partial charge is 0.325 e. The first-order valence-electron chi connectivity index (χ1n) is 8.83. The fourth-order valence-corrected chi connectivity index (χ4v) is 3.59. The monoisotopic (exact) mass is 281 g/mol. The molecule has 1 fully saturated rings. The van der Waals surface area contributed by atoms with Crippen LogP contribution in [0.15, 0.2) is 0 Å². The highest BCUT2D eigenvalue weighted by Gasteiger charge is 2.29. The van der Waals surface area contributed by atoms with Gasteiger partial charge in [0.25, 0.3) is 0 Å². The van der Waals surface area contributed by atoms with Crippen molar-refractivity contribution >= 4 is 0 Å². The van der Waals surface area contributed by atoms with Gasteiger partial charge in [-0.05, 0) is 62.2 Å². The lowest BCUT2D eigenvalue weighted by Crippen LogP contribution is -2.37. The van der Waals surface area contributed by atoms with Crippen LogP contribution >= 0.6 is 0 Å². The number of hydrogen-bond acceptors (Lipinski definition) is 1. The Morgan fingerprint density at radius 2 is 1.30 bits per heavy atom. The van der Waals surface area contributed by atoms with E-state index in [4.69, 9.17) is 5.73 Å². The van der Waals surface area contributed by atoms with Crippen LogP contribution in [0.5, 0.6) is 0 Å². The average molecular weight is 282 g/mol. The van der Waals surface area contributed by atoms with Crippen LogP contribution in [0.25, 0.3) is 0 Å². The van der Waals surface area contributed by atoms with Gasteiger partial charge in [-0.3, -0.25) is 0 Å². The molecule has 2 unspecified atom stereocenters. The summed E-state index contributed by atoms with van der Waals surface area (Å²) in [5.41, 5.74) is 7.54. The lowest BCUT2D eigenvalue weighted by molar-refractivity contribution is 0.178. The Balaban J connectivity index is 2.71. The molecule has 20 heavy (non-hydrogen) atoms. The van der Waals surface area contributed by atoms with Crippen molar-refractivity contribution in [3.8, 4) is 0 Å². The van der Waals surface area contributed by atoms with Gasteiger partial charge >= 0.3 is 0 Å². The minimum atomic E-state index is 0.0362. The Morgan fingerprint density at radius 3 is 1.95 bits per heavy atom. The van der Waals surface area contributed by atoms with E-state index >= 15 is 0 Å². The summed E-state index contributed by atoms with van der Waals surface area (Å²) in [5.74, 6) is 0.777. The highest BCUT2D eigenvalue weighted by Crippen LogP contribution is 2.39. The van der Waals surface area contributed by atoms with Gasteiger partial charge in [-0.1, -0.05) is 53.9 Å². The van der Waals surface area contributed by atoms with Crippen molar-refractivity contribution in [2.75, 3.05) is 0 Å². The van der Waals surface area contributed by atoms with Crippen LogP contribution < -0.4 is 5.73 Å². The van der Waals surface area contributed by atoms with Crippen molar-refractivity contribution < 1.29 is 0 Å². The van der Waals surface area contributed by atoms with Crippen molar-refractivity contribution in [2.24, 2.45) is 22.5 Å². The van der Waals surface area contributed by atoms with Gasteiger partial charge in [0.05, 0.1) is 0 Å². The second-order valence-electron chi connectivity index (χ2n) is 9.31. The first kappa shape index (κ1) is 18.0. The van der Waals surface area contributed by atoms with Gasteiger partial charge in [0.2, 0.25) is 0 Å². The molecule has 0 bridgehead atoms. The predicted octanol–water partition coefficient (Wildman–Crippen LogP) is 5.92. The molecule has 0 aromatic heterocycles. The van der Waals surface area contributed by atoms with Crippen molar-refractivity contribution in [3.05, 3.63) is 0 Å². The number of nitrogens with two attached hydrogens (primary N) is 1.